The van der Waals surface area contributed by atoms with Gasteiger partial charge in [0.1, 0.15) is 28.4 Å². The Kier molecular flexibility index (Phi) is 6.10. The fourth-order valence-corrected chi connectivity index (χ4v) is 8.96. The number of benzene rings is 8. The Morgan fingerprint density at radius 2 is 0.946 bits per heavy atom. The molecule has 12 rings (SSSR count). The summed E-state index contributed by atoms with van der Waals surface area (Å²) in [5.41, 5.74) is 11.6. The lowest BCUT2D eigenvalue weighted by Crippen LogP contribution is -2.02. The van der Waals surface area contributed by atoms with Gasteiger partial charge in [-0.1, -0.05) is 84.9 Å². The normalized spacial score (nSPS) is 11.9. The SMILES string of the molecule is N#Cc1cc(-c2cccc(C#N)c2-n2c3ccccc3c3cc4oc5ccccc5c4cc32)cc(-n2c3ccccc3c3cc4oc5ccccc5c4cc32)c1. The van der Waals surface area contributed by atoms with Crippen LogP contribution in [0, 0.1) is 22.7 Å². The van der Waals surface area contributed by atoms with Crippen LogP contribution in [0.1, 0.15) is 11.1 Å². The van der Waals surface area contributed by atoms with Crippen LogP contribution in [0.5, 0.6) is 0 Å². The molecule has 0 spiro atoms. The van der Waals surface area contributed by atoms with Crippen LogP contribution in [0.15, 0.2) is 167 Å². The van der Waals surface area contributed by atoms with Crippen molar-refractivity contribution < 1.29 is 8.83 Å². The molecule has 0 aliphatic heterocycles. The molecule has 0 amide bonds. The maximum Gasteiger partial charge on any atom is 0.136 e. The Hall–Kier alpha value is -8.06. The molecule has 8 aromatic carbocycles. The minimum Gasteiger partial charge on any atom is -0.456 e. The fourth-order valence-electron chi connectivity index (χ4n) is 8.96. The van der Waals surface area contributed by atoms with Crippen molar-refractivity contribution in [2.45, 2.75) is 0 Å². The van der Waals surface area contributed by atoms with Crippen molar-refractivity contribution >= 4 is 87.5 Å². The quantitative estimate of drug-likeness (QED) is 0.182. The molecule has 4 aromatic heterocycles. The maximum atomic E-state index is 10.8. The number of fused-ring (bicyclic) bond motifs is 12. The lowest BCUT2D eigenvalue weighted by Gasteiger charge is -2.17. The summed E-state index contributed by atoms with van der Waals surface area (Å²) in [6, 6.07) is 58.3. The molecule has 0 aliphatic rings. The molecular weight excluding hydrogens is 689 g/mol. The maximum absolute atomic E-state index is 10.8. The van der Waals surface area contributed by atoms with E-state index in [1.807, 2.05) is 78.9 Å². The van der Waals surface area contributed by atoms with E-state index in [1.165, 1.54) is 0 Å². The van der Waals surface area contributed by atoms with Gasteiger partial charge in [-0.05, 0) is 78.4 Å². The van der Waals surface area contributed by atoms with Gasteiger partial charge >= 0.3 is 0 Å². The highest BCUT2D eigenvalue weighted by Gasteiger charge is 2.23. The Labute approximate surface area is 318 Å². The standard InChI is InChI=1S/C50H26N4O2/c51-27-29-20-31(22-32(21-29)53-42-16-5-1-11-34(42)38-25-48-40(23-44(38)53)36-13-3-7-18-46(36)55-48)33-15-9-10-30(28-52)50(33)54-43-17-6-2-12-35(43)39-26-49-41(24-45(39)54)37-14-4-8-19-47(37)56-49/h1-26H. The first-order valence-corrected chi connectivity index (χ1v) is 18.5. The molecule has 6 heteroatoms. The summed E-state index contributed by atoms with van der Waals surface area (Å²) in [7, 11) is 0. The van der Waals surface area contributed by atoms with Gasteiger partial charge in [0.2, 0.25) is 0 Å². The molecule has 56 heavy (non-hydrogen) atoms. The fraction of sp³-hybridized carbons (Fsp3) is 0. The van der Waals surface area contributed by atoms with Crippen LogP contribution in [0.3, 0.4) is 0 Å². The molecule has 0 saturated carbocycles. The first-order chi connectivity index (χ1) is 27.7. The Morgan fingerprint density at radius 3 is 1.55 bits per heavy atom. The van der Waals surface area contributed by atoms with Crippen molar-refractivity contribution in [1.29, 1.82) is 10.5 Å². The molecule has 0 bridgehead atoms. The third kappa shape index (κ3) is 4.13. The van der Waals surface area contributed by atoms with Crippen molar-refractivity contribution in [2.24, 2.45) is 0 Å². The van der Waals surface area contributed by atoms with E-state index < -0.39 is 0 Å². The molecule has 0 radical (unpaired) electrons. The molecule has 0 saturated heterocycles. The van der Waals surface area contributed by atoms with E-state index in [0.717, 1.165) is 110 Å². The zero-order chi connectivity index (χ0) is 37.1. The van der Waals surface area contributed by atoms with Crippen molar-refractivity contribution in [1.82, 2.24) is 9.13 Å². The van der Waals surface area contributed by atoms with Crippen molar-refractivity contribution in [3.8, 4) is 34.6 Å². The topological polar surface area (TPSA) is 83.7 Å². The monoisotopic (exact) mass is 714 g/mol. The second-order valence-corrected chi connectivity index (χ2v) is 14.3. The number of furan rings is 2. The predicted octanol–water partition coefficient (Wildman–Crippen LogP) is 13.1. The van der Waals surface area contributed by atoms with Crippen LogP contribution in [-0.4, -0.2) is 9.13 Å². The van der Waals surface area contributed by atoms with E-state index in [0.29, 0.717) is 11.1 Å². The number of aromatic nitrogens is 2. The molecule has 12 aromatic rings. The highest BCUT2D eigenvalue weighted by molar-refractivity contribution is 6.19. The minimum atomic E-state index is 0.514. The van der Waals surface area contributed by atoms with Gasteiger partial charge < -0.3 is 18.0 Å². The largest absolute Gasteiger partial charge is 0.456 e. The molecule has 0 N–H and O–H groups in total. The lowest BCUT2D eigenvalue weighted by atomic mass is 9.97. The summed E-state index contributed by atoms with van der Waals surface area (Å²) in [6.07, 6.45) is 0. The van der Waals surface area contributed by atoms with E-state index in [1.54, 1.807) is 0 Å². The first-order valence-electron chi connectivity index (χ1n) is 18.5. The van der Waals surface area contributed by atoms with E-state index in [-0.39, 0.29) is 0 Å². The van der Waals surface area contributed by atoms with Gasteiger partial charge in [0, 0.05) is 54.3 Å². The number of hydrogen-bond acceptors (Lipinski definition) is 4. The van der Waals surface area contributed by atoms with Crippen LogP contribution >= 0.6 is 0 Å². The number of rotatable bonds is 3. The van der Waals surface area contributed by atoms with E-state index >= 15 is 0 Å². The van der Waals surface area contributed by atoms with Crippen molar-refractivity contribution in [3.63, 3.8) is 0 Å². The Bertz CT molecular complexity index is 3750. The van der Waals surface area contributed by atoms with Crippen LogP contribution < -0.4 is 0 Å². The van der Waals surface area contributed by atoms with Crippen LogP contribution in [-0.2, 0) is 0 Å². The summed E-state index contributed by atoms with van der Waals surface area (Å²) >= 11 is 0. The molecule has 0 atom stereocenters. The summed E-state index contributed by atoms with van der Waals surface area (Å²) in [4.78, 5) is 0. The van der Waals surface area contributed by atoms with Gasteiger partial charge in [-0.15, -0.1) is 0 Å². The van der Waals surface area contributed by atoms with Gasteiger partial charge in [0.05, 0.1) is 45.0 Å². The minimum absolute atomic E-state index is 0.514. The molecule has 0 unspecified atom stereocenters. The first kappa shape index (κ1) is 30.4. The molecular formula is C50H26N4O2. The van der Waals surface area contributed by atoms with Crippen LogP contribution in [0.25, 0.3) is 110 Å². The average molecular weight is 715 g/mol. The average Bonchev–Trinajstić information content (AvgIpc) is 3.98. The zero-order valence-electron chi connectivity index (χ0n) is 29.6. The van der Waals surface area contributed by atoms with Gasteiger partial charge in [-0.2, -0.15) is 10.5 Å². The summed E-state index contributed by atoms with van der Waals surface area (Å²) < 4.78 is 17.1. The summed E-state index contributed by atoms with van der Waals surface area (Å²) in [5.74, 6) is 0. The number of nitrogens with zero attached hydrogens (tertiary/aromatic N) is 4. The number of para-hydroxylation sites is 5. The van der Waals surface area contributed by atoms with Crippen LogP contribution in [0.4, 0.5) is 0 Å². The lowest BCUT2D eigenvalue weighted by molar-refractivity contribution is 0.669. The third-order valence-electron chi connectivity index (χ3n) is 11.3. The van der Waals surface area contributed by atoms with Gasteiger partial charge in [0.25, 0.3) is 0 Å². The molecule has 6 nitrogen and oxygen atoms in total. The third-order valence-corrected chi connectivity index (χ3v) is 11.3. The van der Waals surface area contributed by atoms with Gasteiger partial charge in [-0.3, -0.25) is 0 Å². The molecule has 0 aliphatic carbocycles. The molecule has 0 fully saturated rings. The van der Waals surface area contributed by atoms with Gasteiger partial charge in [-0.25, -0.2) is 0 Å². The predicted molar refractivity (Wildman–Crippen MR) is 225 cm³/mol. The highest BCUT2D eigenvalue weighted by atomic mass is 16.3. The summed E-state index contributed by atoms with van der Waals surface area (Å²) in [5, 5.41) is 29.7. The van der Waals surface area contributed by atoms with E-state index in [4.69, 9.17) is 8.83 Å². The highest BCUT2D eigenvalue weighted by Crippen LogP contribution is 2.43. The van der Waals surface area contributed by atoms with Gasteiger partial charge in [0.15, 0.2) is 0 Å². The van der Waals surface area contributed by atoms with Crippen molar-refractivity contribution in [3.05, 3.63) is 169 Å². The molecule has 258 valence electrons. The Morgan fingerprint density at radius 1 is 0.393 bits per heavy atom. The van der Waals surface area contributed by atoms with Crippen molar-refractivity contribution in [2.75, 3.05) is 0 Å². The number of nitriles is 2. The zero-order valence-corrected chi connectivity index (χ0v) is 29.6. The smallest absolute Gasteiger partial charge is 0.136 e. The number of hydrogen-bond donors (Lipinski definition) is 0. The van der Waals surface area contributed by atoms with E-state index in [9.17, 15) is 10.5 Å². The second kappa shape index (κ2) is 11.2. The Balaban J connectivity index is 1.16. The van der Waals surface area contributed by atoms with Crippen LogP contribution in [0.2, 0.25) is 0 Å². The van der Waals surface area contributed by atoms with E-state index in [2.05, 4.69) is 100 Å². The molecule has 4 heterocycles. The summed E-state index contributed by atoms with van der Waals surface area (Å²) in [6.45, 7) is 0. The second-order valence-electron chi connectivity index (χ2n) is 14.3.